The molecule has 4 aromatic rings. The predicted molar refractivity (Wildman–Crippen MR) is 106 cm³/mol. The van der Waals surface area contributed by atoms with E-state index in [1.54, 1.807) is 12.1 Å². The summed E-state index contributed by atoms with van der Waals surface area (Å²) in [5.74, 6) is -0.990. The molecule has 0 atom stereocenters. The molecule has 0 unspecified atom stereocenters. The number of hydrogen-bond acceptors (Lipinski definition) is 3. The molecule has 0 spiro atoms. The minimum atomic E-state index is -0.990. The third-order valence-electron chi connectivity index (χ3n) is 4.21. The molecule has 1 N–H and O–H groups in total. The van der Waals surface area contributed by atoms with Crippen LogP contribution >= 0.6 is 0 Å². The average molecular weight is 544 g/mol. The largest absolute Gasteiger partial charge is 0.477 e. The summed E-state index contributed by atoms with van der Waals surface area (Å²) >= 11 is 0. The van der Waals surface area contributed by atoms with Gasteiger partial charge in [0.2, 0.25) is 0 Å². The van der Waals surface area contributed by atoms with Crippen molar-refractivity contribution in [3.8, 4) is 11.3 Å². The zero-order valence-corrected chi connectivity index (χ0v) is 17.1. The molecule has 5 rings (SSSR count). The van der Waals surface area contributed by atoms with Gasteiger partial charge in [-0.15, -0.1) is 35.9 Å². The predicted octanol–water partition coefficient (Wildman–Crippen LogP) is 4.96. The summed E-state index contributed by atoms with van der Waals surface area (Å²) < 4.78 is 0. The van der Waals surface area contributed by atoms with Crippen molar-refractivity contribution in [2.24, 2.45) is 0 Å². The number of hydrogen-bond donors (Lipinski definition) is 1. The van der Waals surface area contributed by atoms with Crippen molar-refractivity contribution < 1.29 is 30.0 Å². The summed E-state index contributed by atoms with van der Waals surface area (Å²) in [4.78, 5) is 18.5. The Balaban J connectivity index is 0.000000193. The number of aromatic carboxylic acids is 1. The summed E-state index contributed by atoms with van der Waals surface area (Å²) in [5.41, 5.74) is 5.68. The number of benzene rings is 2. The monoisotopic (exact) mass is 544 g/mol. The van der Waals surface area contributed by atoms with Crippen LogP contribution in [0.5, 0.6) is 0 Å². The Kier molecular flexibility index (Phi) is 6.09. The minimum Gasteiger partial charge on any atom is -0.477 e. The SMILES string of the molecule is O=C(O)c1ccccn1.[Ir].[c-]1ccccc1-c1cc2c3c(cccc3n1)C=C2. The molecule has 0 aliphatic heterocycles. The van der Waals surface area contributed by atoms with Gasteiger partial charge in [0.15, 0.2) is 0 Å². The molecule has 0 saturated carbocycles. The van der Waals surface area contributed by atoms with Gasteiger partial charge in [0, 0.05) is 31.7 Å². The molecule has 139 valence electrons. The maximum absolute atomic E-state index is 10.1. The zero-order chi connectivity index (χ0) is 18.6. The van der Waals surface area contributed by atoms with E-state index < -0.39 is 5.97 Å². The van der Waals surface area contributed by atoms with Gasteiger partial charge in [0.05, 0.1) is 5.52 Å². The third-order valence-corrected chi connectivity index (χ3v) is 4.21. The van der Waals surface area contributed by atoms with Crippen LogP contribution in [-0.2, 0) is 20.1 Å². The maximum Gasteiger partial charge on any atom is 0.354 e. The first-order valence-corrected chi connectivity index (χ1v) is 8.45. The Labute approximate surface area is 176 Å². The van der Waals surface area contributed by atoms with Crippen molar-refractivity contribution in [2.75, 3.05) is 0 Å². The molecular formula is C23H15IrN2O2-. The summed E-state index contributed by atoms with van der Waals surface area (Å²) in [6.45, 7) is 0. The Bertz CT molecular complexity index is 1140. The van der Waals surface area contributed by atoms with Crippen LogP contribution < -0.4 is 0 Å². The van der Waals surface area contributed by atoms with Crippen LogP contribution in [0.4, 0.5) is 0 Å². The molecule has 1 radical (unpaired) electrons. The van der Waals surface area contributed by atoms with Crippen molar-refractivity contribution in [3.63, 3.8) is 0 Å². The Hall–Kier alpha value is -3.14. The van der Waals surface area contributed by atoms with Crippen molar-refractivity contribution in [1.29, 1.82) is 0 Å². The van der Waals surface area contributed by atoms with E-state index >= 15 is 0 Å². The van der Waals surface area contributed by atoms with E-state index in [1.807, 2.05) is 24.3 Å². The molecular weight excluding hydrogens is 528 g/mol. The second-order valence-corrected chi connectivity index (χ2v) is 5.97. The number of pyridine rings is 2. The first-order chi connectivity index (χ1) is 13.2. The topological polar surface area (TPSA) is 63.1 Å². The average Bonchev–Trinajstić information content (AvgIpc) is 3.14. The maximum atomic E-state index is 10.1. The molecule has 2 heterocycles. The van der Waals surface area contributed by atoms with Gasteiger partial charge < -0.3 is 5.11 Å². The molecule has 4 nitrogen and oxygen atoms in total. The van der Waals surface area contributed by atoms with Gasteiger partial charge in [-0.05, 0) is 35.0 Å². The minimum absolute atomic E-state index is 0. The van der Waals surface area contributed by atoms with Gasteiger partial charge in [-0.1, -0.05) is 36.4 Å². The summed E-state index contributed by atoms with van der Waals surface area (Å²) in [7, 11) is 0. The summed E-state index contributed by atoms with van der Waals surface area (Å²) in [6, 6.07) is 24.3. The number of nitrogens with zero attached hydrogens (tertiary/aromatic N) is 2. The summed E-state index contributed by atoms with van der Waals surface area (Å²) in [6.07, 6.45) is 5.76. The Morgan fingerprint density at radius 3 is 2.43 bits per heavy atom. The van der Waals surface area contributed by atoms with Gasteiger partial charge in [0.1, 0.15) is 5.69 Å². The molecule has 1 aliphatic rings. The number of carboxylic acids is 1. The molecule has 0 fully saturated rings. The van der Waals surface area contributed by atoms with E-state index in [1.165, 1.54) is 28.8 Å². The van der Waals surface area contributed by atoms with Crippen molar-refractivity contribution in [1.82, 2.24) is 9.97 Å². The third kappa shape index (κ3) is 4.06. The fourth-order valence-corrected chi connectivity index (χ4v) is 2.98. The van der Waals surface area contributed by atoms with E-state index in [2.05, 4.69) is 47.5 Å². The molecule has 1 aliphatic carbocycles. The van der Waals surface area contributed by atoms with E-state index in [9.17, 15) is 4.79 Å². The van der Waals surface area contributed by atoms with E-state index in [-0.39, 0.29) is 25.8 Å². The standard InChI is InChI=1S/C17H10N.C6H5NO2.Ir/c1-2-5-12(6-3-1)16-11-14-10-9-13-7-4-8-15(18-16)17(13)14;8-6(9)5-3-1-2-4-7-5;/h1-5,7-11H;1-4H,(H,8,9);/q-1;;. The van der Waals surface area contributed by atoms with Gasteiger partial charge in [-0.2, -0.15) is 0 Å². The number of carboxylic acid groups (broad SMARTS) is 1. The Morgan fingerprint density at radius 2 is 1.75 bits per heavy atom. The second kappa shape index (κ2) is 8.70. The first-order valence-electron chi connectivity index (χ1n) is 8.45. The first kappa shape index (κ1) is 19.6. The zero-order valence-electron chi connectivity index (χ0n) is 14.7. The molecule has 2 aromatic carbocycles. The van der Waals surface area contributed by atoms with Gasteiger partial charge >= 0.3 is 5.97 Å². The van der Waals surface area contributed by atoms with Gasteiger partial charge in [-0.3, -0.25) is 4.98 Å². The van der Waals surface area contributed by atoms with Crippen molar-refractivity contribution >= 4 is 29.0 Å². The Morgan fingerprint density at radius 1 is 0.929 bits per heavy atom. The molecule has 0 bridgehead atoms. The molecule has 5 heteroatoms. The van der Waals surface area contributed by atoms with Crippen LogP contribution in [0.1, 0.15) is 21.6 Å². The summed E-state index contributed by atoms with van der Waals surface area (Å²) in [5, 5.41) is 9.58. The van der Waals surface area contributed by atoms with Crippen LogP contribution in [0.2, 0.25) is 0 Å². The molecule has 28 heavy (non-hydrogen) atoms. The van der Waals surface area contributed by atoms with E-state index in [4.69, 9.17) is 10.1 Å². The normalized spacial score (nSPS) is 10.7. The van der Waals surface area contributed by atoms with Crippen LogP contribution in [0.15, 0.2) is 72.9 Å². The molecule has 0 saturated heterocycles. The van der Waals surface area contributed by atoms with Crippen LogP contribution in [0.25, 0.3) is 34.3 Å². The van der Waals surface area contributed by atoms with Crippen LogP contribution in [0, 0.1) is 6.07 Å². The fourth-order valence-electron chi connectivity index (χ4n) is 2.98. The number of aromatic nitrogens is 2. The van der Waals surface area contributed by atoms with E-state index in [0.717, 1.165) is 16.8 Å². The molecule has 2 aromatic heterocycles. The smallest absolute Gasteiger partial charge is 0.354 e. The van der Waals surface area contributed by atoms with Gasteiger partial charge in [0.25, 0.3) is 0 Å². The molecule has 0 amide bonds. The van der Waals surface area contributed by atoms with Crippen LogP contribution in [-0.4, -0.2) is 21.0 Å². The van der Waals surface area contributed by atoms with Gasteiger partial charge in [-0.25, -0.2) is 9.78 Å². The van der Waals surface area contributed by atoms with Crippen molar-refractivity contribution in [2.45, 2.75) is 0 Å². The van der Waals surface area contributed by atoms with Crippen molar-refractivity contribution in [3.05, 3.63) is 95.8 Å². The quantitative estimate of drug-likeness (QED) is 0.320. The second-order valence-electron chi connectivity index (χ2n) is 5.97. The number of rotatable bonds is 2. The van der Waals surface area contributed by atoms with Crippen LogP contribution in [0.3, 0.4) is 0 Å². The van der Waals surface area contributed by atoms with E-state index in [0.29, 0.717) is 0 Å². The fraction of sp³-hybridized carbons (Fsp3) is 0. The number of carbonyl (C=O) groups is 1.